The molecule has 0 saturated carbocycles. The van der Waals surface area contributed by atoms with E-state index in [0.717, 1.165) is 0 Å². The second kappa shape index (κ2) is 6.17. The second-order valence-corrected chi connectivity index (χ2v) is 2.20. The van der Waals surface area contributed by atoms with Gasteiger partial charge in [-0.25, -0.2) is 0 Å². The fraction of sp³-hybridized carbons (Fsp3) is 0.833. The Labute approximate surface area is 48.2 Å². The first-order valence-corrected chi connectivity index (χ1v) is 3.62. The highest BCUT2D eigenvalue weighted by atomic mass is 31.0. The van der Waals surface area contributed by atoms with Crippen molar-refractivity contribution in [1.82, 2.24) is 0 Å². The molecule has 0 aromatic rings. The zero-order chi connectivity index (χ0) is 5.54. The van der Waals surface area contributed by atoms with Crippen LogP contribution in [0.2, 0.25) is 0 Å². The molecule has 0 bridgehead atoms. The van der Waals surface area contributed by atoms with Gasteiger partial charge in [0.1, 0.15) is 0 Å². The minimum atomic E-state index is 1.26. The summed E-state index contributed by atoms with van der Waals surface area (Å²) in [6.07, 6.45) is 5.34. The molecular weight excluding hydrogens is 103 g/mol. The first-order valence-electron chi connectivity index (χ1n) is 2.95. The first-order chi connectivity index (χ1) is 3.41. The van der Waals surface area contributed by atoms with E-state index in [9.17, 15) is 0 Å². The Kier molecular flexibility index (Phi) is 6.32. The Bertz CT molecular complexity index is 41.4. The number of unbranched alkanes of at least 4 members (excludes halogenated alkanes) is 3. The summed E-state index contributed by atoms with van der Waals surface area (Å²) in [7, 11) is 2.62. The van der Waals surface area contributed by atoms with Crippen molar-refractivity contribution in [3.05, 3.63) is 0 Å². The smallest absolute Gasteiger partial charge is 0.0654 e. The summed E-state index contributed by atoms with van der Waals surface area (Å²) in [4.78, 5) is 0. The molecule has 0 heterocycles. The van der Waals surface area contributed by atoms with Gasteiger partial charge in [0.05, 0.1) is 14.7 Å². The van der Waals surface area contributed by atoms with Crippen LogP contribution in [0.1, 0.15) is 32.6 Å². The maximum atomic E-state index is 2.62. The fourth-order valence-corrected chi connectivity index (χ4v) is 0.748. The summed E-state index contributed by atoms with van der Waals surface area (Å²) in [6.45, 7) is 2.23. The van der Waals surface area contributed by atoms with E-state index in [4.69, 9.17) is 0 Å². The summed E-state index contributed by atoms with van der Waals surface area (Å²) in [5.41, 5.74) is 0. The van der Waals surface area contributed by atoms with Crippen LogP contribution in [-0.4, -0.2) is 5.80 Å². The van der Waals surface area contributed by atoms with Crippen LogP contribution in [0.3, 0.4) is 0 Å². The lowest BCUT2D eigenvalue weighted by molar-refractivity contribution is 0.748. The number of rotatable bonds is 4. The topological polar surface area (TPSA) is 0 Å². The molecule has 0 fully saturated rings. The molecule has 0 radical (unpaired) electrons. The molecule has 1 atom stereocenters. The van der Waals surface area contributed by atoms with Crippen LogP contribution >= 0.6 is 8.86 Å². The van der Waals surface area contributed by atoms with Crippen molar-refractivity contribution >= 4 is 14.7 Å². The Morgan fingerprint density at radius 2 is 2.14 bits per heavy atom. The van der Waals surface area contributed by atoms with E-state index >= 15 is 0 Å². The highest BCUT2D eigenvalue weighted by Gasteiger charge is 1.80. The van der Waals surface area contributed by atoms with Gasteiger partial charge in [0.15, 0.2) is 0 Å². The normalized spacial score (nSPS) is 8.71. The molecule has 0 aliphatic rings. The van der Waals surface area contributed by atoms with Crippen molar-refractivity contribution in [1.29, 1.82) is 0 Å². The standard InChI is InChI=1S/C6H13P/c1-2-3-4-5-6-7/h6-7H,2-5H2,1H3/p+1. The third-order valence-corrected chi connectivity index (χ3v) is 1.31. The quantitative estimate of drug-likeness (QED) is 0.391. The number of hydrogen-bond acceptors (Lipinski definition) is 0. The van der Waals surface area contributed by atoms with Crippen molar-refractivity contribution in [3.8, 4) is 0 Å². The minimum absolute atomic E-state index is 1.26. The van der Waals surface area contributed by atoms with Gasteiger partial charge in [0.2, 0.25) is 0 Å². The highest BCUT2D eigenvalue weighted by molar-refractivity contribution is 7.18. The molecule has 7 heavy (non-hydrogen) atoms. The van der Waals surface area contributed by atoms with Crippen LogP contribution in [0.4, 0.5) is 0 Å². The lowest BCUT2D eigenvalue weighted by Gasteiger charge is -1.85. The van der Waals surface area contributed by atoms with Crippen LogP contribution in [0.15, 0.2) is 0 Å². The molecule has 1 heteroatoms. The second-order valence-electron chi connectivity index (χ2n) is 1.73. The molecule has 0 aliphatic carbocycles. The molecule has 0 aromatic carbocycles. The van der Waals surface area contributed by atoms with Crippen molar-refractivity contribution in [2.24, 2.45) is 0 Å². The summed E-state index contributed by atoms with van der Waals surface area (Å²) in [5.74, 6) is 2.15. The van der Waals surface area contributed by atoms with Crippen molar-refractivity contribution in [2.75, 3.05) is 0 Å². The molecule has 0 saturated heterocycles. The van der Waals surface area contributed by atoms with Crippen LogP contribution in [-0.2, 0) is 0 Å². The molecule has 0 nitrogen and oxygen atoms in total. The van der Waals surface area contributed by atoms with Gasteiger partial charge in [-0.1, -0.05) is 19.8 Å². The molecule has 42 valence electrons. The van der Waals surface area contributed by atoms with E-state index in [1.54, 1.807) is 0 Å². The van der Waals surface area contributed by atoms with Gasteiger partial charge in [-0.15, -0.1) is 0 Å². The molecule has 0 N–H and O–H groups in total. The Hall–Kier alpha value is 0.170. The van der Waals surface area contributed by atoms with Gasteiger partial charge in [-0.2, -0.15) is 0 Å². The molecule has 0 amide bonds. The third-order valence-electron chi connectivity index (χ3n) is 0.974. The van der Waals surface area contributed by atoms with Crippen molar-refractivity contribution < 1.29 is 0 Å². The first kappa shape index (κ1) is 7.17. The van der Waals surface area contributed by atoms with Gasteiger partial charge in [0, 0.05) is 6.42 Å². The third kappa shape index (κ3) is 6.17. The lowest BCUT2D eigenvalue weighted by Crippen LogP contribution is -1.71. The van der Waals surface area contributed by atoms with E-state index in [-0.39, 0.29) is 0 Å². The van der Waals surface area contributed by atoms with E-state index < -0.39 is 0 Å². The summed E-state index contributed by atoms with van der Waals surface area (Å²) < 4.78 is 0. The Balaban J connectivity index is 2.56. The average Bonchev–Trinajstić information content (AvgIpc) is 1.69. The number of hydrogen-bond donors (Lipinski definition) is 0. The molecular formula is C6H14P+. The molecule has 0 aromatic heterocycles. The van der Waals surface area contributed by atoms with Crippen LogP contribution in [0, 0.1) is 0 Å². The molecule has 0 rings (SSSR count). The fourth-order valence-electron chi connectivity index (χ4n) is 0.512. The Morgan fingerprint density at radius 3 is 2.57 bits per heavy atom. The molecule has 0 spiro atoms. The highest BCUT2D eigenvalue weighted by Crippen LogP contribution is 1.95. The van der Waals surface area contributed by atoms with E-state index in [1.165, 1.54) is 25.7 Å². The van der Waals surface area contributed by atoms with Crippen LogP contribution < -0.4 is 0 Å². The van der Waals surface area contributed by atoms with Gasteiger partial charge in [0.25, 0.3) is 0 Å². The molecule has 1 unspecified atom stereocenters. The van der Waals surface area contributed by atoms with E-state index in [0.29, 0.717) is 0 Å². The maximum absolute atomic E-state index is 2.62. The van der Waals surface area contributed by atoms with Gasteiger partial charge >= 0.3 is 0 Å². The minimum Gasteiger partial charge on any atom is -0.0654 e. The largest absolute Gasteiger partial charge is 0.0803 e. The SMILES string of the molecule is CCCCCC=[PH2+]. The predicted octanol–water partition coefficient (Wildman–Crippen LogP) is 2.24. The van der Waals surface area contributed by atoms with Crippen LogP contribution in [0.5, 0.6) is 0 Å². The monoisotopic (exact) mass is 117 g/mol. The van der Waals surface area contributed by atoms with Gasteiger partial charge in [-0.3, -0.25) is 0 Å². The van der Waals surface area contributed by atoms with E-state index in [1.807, 2.05) is 0 Å². The molecule has 0 aliphatic heterocycles. The summed E-state index contributed by atoms with van der Waals surface area (Å²) in [6, 6.07) is 0. The zero-order valence-corrected chi connectivity index (χ0v) is 6.14. The van der Waals surface area contributed by atoms with Gasteiger partial charge < -0.3 is 0 Å². The Morgan fingerprint density at radius 1 is 1.43 bits per heavy atom. The maximum Gasteiger partial charge on any atom is 0.0803 e. The average molecular weight is 117 g/mol. The van der Waals surface area contributed by atoms with Crippen molar-refractivity contribution in [3.63, 3.8) is 0 Å². The van der Waals surface area contributed by atoms with Gasteiger partial charge in [-0.05, 0) is 6.42 Å². The van der Waals surface area contributed by atoms with Crippen LogP contribution in [0.25, 0.3) is 0 Å². The van der Waals surface area contributed by atoms with E-state index in [2.05, 4.69) is 21.6 Å². The summed E-state index contributed by atoms with van der Waals surface area (Å²) in [5, 5.41) is 0. The zero-order valence-electron chi connectivity index (χ0n) is 4.98. The van der Waals surface area contributed by atoms with Crippen molar-refractivity contribution in [2.45, 2.75) is 32.6 Å². The lowest BCUT2D eigenvalue weighted by atomic mass is 10.2. The summed E-state index contributed by atoms with van der Waals surface area (Å²) >= 11 is 0. The predicted molar refractivity (Wildman–Crippen MR) is 39.9 cm³/mol.